The fraction of sp³-hybridized carbons (Fsp3) is 0.375. The van der Waals surface area contributed by atoms with Gasteiger partial charge in [-0.1, -0.05) is 0 Å². The Morgan fingerprint density at radius 2 is 1.95 bits per heavy atom. The van der Waals surface area contributed by atoms with E-state index in [0.29, 0.717) is 22.9 Å². The highest BCUT2D eigenvalue weighted by atomic mass is 32.1. The number of methoxy groups -OCH3 is 2. The number of aryl methyl sites for hydroxylation is 1. The molecule has 0 N–H and O–H groups in total. The van der Waals surface area contributed by atoms with Gasteiger partial charge in [0.1, 0.15) is 9.88 Å². The van der Waals surface area contributed by atoms with Crippen molar-refractivity contribution in [2.24, 2.45) is 0 Å². The van der Waals surface area contributed by atoms with Gasteiger partial charge in [0, 0.05) is 19.2 Å². The van der Waals surface area contributed by atoms with Gasteiger partial charge in [-0.05, 0) is 32.0 Å². The Hall–Kier alpha value is -2.08. The van der Waals surface area contributed by atoms with Crippen LogP contribution in [0.4, 0.5) is 0 Å². The van der Waals surface area contributed by atoms with Crippen LogP contribution in [0.1, 0.15) is 22.3 Å². The molecule has 0 atom stereocenters. The van der Waals surface area contributed by atoms with E-state index in [1.54, 1.807) is 26.2 Å². The average Bonchev–Trinajstić information content (AvgIpc) is 2.94. The van der Waals surface area contributed by atoms with Crippen molar-refractivity contribution in [1.82, 2.24) is 9.88 Å². The first kappa shape index (κ1) is 16.3. The zero-order valence-corrected chi connectivity index (χ0v) is 14.3. The van der Waals surface area contributed by atoms with Gasteiger partial charge < -0.3 is 14.4 Å². The van der Waals surface area contributed by atoms with Crippen molar-refractivity contribution in [3.8, 4) is 22.1 Å². The van der Waals surface area contributed by atoms with Crippen LogP contribution in [0.2, 0.25) is 0 Å². The zero-order chi connectivity index (χ0) is 16.3. The van der Waals surface area contributed by atoms with Crippen LogP contribution < -0.4 is 9.47 Å². The number of rotatable bonds is 5. The molecule has 0 aliphatic heterocycles. The molecule has 0 spiro atoms. The Bertz CT molecular complexity index is 682. The topological polar surface area (TPSA) is 51.7 Å². The minimum Gasteiger partial charge on any atom is -0.493 e. The maximum absolute atomic E-state index is 12.3. The summed E-state index contributed by atoms with van der Waals surface area (Å²) in [5.74, 6) is 1.32. The Morgan fingerprint density at radius 1 is 1.27 bits per heavy atom. The maximum atomic E-state index is 12.3. The predicted octanol–water partition coefficient (Wildman–Crippen LogP) is 3.23. The third-order valence-electron chi connectivity index (χ3n) is 3.44. The van der Waals surface area contributed by atoms with Gasteiger partial charge in [0.05, 0.1) is 19.9 Å². The molecule has 0 radical (unpaired) electrons. The fourth-order valence-corrected chi connectivity index (χ4v) is 3.06. The van der Waals surface area contributed by atoms with Gasteiger partial charge in [-0.3, -0.25) is 4.79 Å². The normalized spacial score (nSPS) is 10.4. The summed E-state index contributed by atoms with van der Waals surface area (Å²) < 4.78 is 10.6. The molecule has 0 aliphatic rings. The summed E-state index contributed by atoms with van der Waals surface area (Å²) in [5, 5.41) is 0.798. The zero-order valence-electron chi connectivity index (χ0n) is 13.5. The summed E-state index contributed by atoms with van der Waals surface area (Å²) in [4.78, 5) is 19.2. The molecule has 2 rings (SSSR count). The lowest BCUT2D eigenvalue weighted by atomic mass is 10.2. The number of nitrogens with zero attached hydrogens (tertiary/aromatic N) is 2. The Morgan fingerprint density at radius 3 is 2.55 bits per heavy atom. The fourth-order valence-electron chi connectivity index (χ4n) is 2.00. The molecular weight excluding hydrogens is 300 g/mol. The number of aromatic nitrogens is 1. The summed E-state index contributed by atoms with van der Waals surface area (Å²) >= 11 is 1.40. The highest BCUT2D eigenvalue weighted by Gasteiger charge is 2.19. The number of carbonyl (C=O) groups is 1. The second kappa shape index (κ2) is 6.79. The first-order chi connectivity index (χ1) is 10.5. The number of thiazole rings is 1. The Kier molecular flexibility index (Phi) is 5.03. The molecule has 0 aliphatic carbocycles. The second-order valence-corrected chi connectivity index (χ2v) is 5.82. The second-order valence-electron chi connectivity index (χ2n) is 4.82. The minimum atomic E-state index is 0.00391. The van der Waals surface area contributed by atoms with Crippen molar-refractivity contribution in [3.63, 3.8) is 0 Å². The van der Waals surface area contributed by atoms with Crippen molar-refractivity contribution in [3.05, 3.63) is 28.8 Å². The Balaban J connectivity index is 2.40. The van der Waals surface area contributed by atoms with Gasteiger partial charge in [0.15, 0.2) is 11.5 Å². The van der Waals surface area contributed by atoms with Crippen molar-refractivity contribution >= 4 is 17.2 Å². The standard InChI is InChI=1S/C16H20N2O3S/c1-6-18(3)16(19)14-10(2)17-15(22-14)11-7-8-12(20-4)13(9-11)21-5/h7-9H,6H2,1-5H3. The number of ether oxygens (including phenoxy) is 2. The molecule has 5 nitrogen and oxygen atoms in total. The molecule has 0 saturated heterocycles. The SMILES string of the molecule is CCN(C)C(=O)c1sc(-c2ccc(OC)c(OC)c2)nc1C. The van der Waals surface area contributed by atoms with Gasteiger partial charge in [0.2, 0.25) is 0 Å². The largest absolute Gasteiger partial charge is 0.493 e. The van der Waals surface area contributed by atoms with Crippen molar-refractivity contribution < 1.29 is 14.3 Å². The molecule has 1 aromatic carbocycles. The first-order valence-corrected chi connectivity index (χ1v) is 7.78. The molecule has 1 heterocycles. The van der Waals surface area contributed by atoms with Crippen LogP contribution >= 0.6 is 11.3 Å². The molecule has 22 heavy (non-hydrogen) atoms. The van der Waals surface area contributed by atoms with Crippen molar-refractivity contribution in [2.75, 3.05) is 27.8 Å². The van der Waals surface area contributed by atoms with E-state index >= 15 is 0 Å². The smallest absolute Gasteiger partial charge is 0.265 e. The molecule has 0 fully saturated rings. The van der Waals surface area contributed by atoms with E-state index in [9.17, 15) is 4.79 Å². The van der Waals surface area contributed by atoms with Crippen LogP contribution in [0.3, 0.4) is 0 Å². The predicted molar refractivity (Wildman–Crippen MR) is 88.0 cm³/mol. The summed E-state index contributed by atoms with van der Waals surface area (Å²) in [6.07, 6.45) is 0. The van der Waals surface area contributed by atoms with E-state index < -0.39 is 0 Å². The molecule has 0 saturated carbocycles. The molecule has 118 valence electrons. The first-order valence-electron chi connectivity index (χ1n) is 6.97. The average molecular weight is 320 g/mol. The minimum absolute atomic E-state index is 0.00391. The van der Waals surface area contributed by atoms with Gasteiger partial charge >= 0.3 is 0 Å². The highest BCUT2D eigenvalue weighted by Crippen LogP contribution is 2.35. The summed E-state index contributed by atoms with van der Waals surface area (Å²) in [6, 6.07) is 5.62. The summed E-state index contributed by atoms with van der Waals surface area (Å²) in [5.41, 5.74) is 1.66. The molecular formula is C16H20N2O3S. The van der Waals surface area contributed by atoms with Crippen LogP contribution in [-0.2, 0) is 0 Å². The van der Waals surface area contributed by atoms with Crippen LogP contribution in [0, 0.1) is 6.92 Å². The van der Waals surface area contributed by atoms with Gasteiger partial charge in [-0.25, -0.2) is 4.98 Å². The van der Waals surface area contributed by atoms with Crippen LogP contribution in [0.5, 0.6) is 11.5 Å². The van der Waals surface area contributed by atoms with Crippen molar-refractivity contribution in [1.29, 1.82) is 0 Å². The summed E-state index contributed by atoms with van der Waals surface area (Å²) in [6.45, 7) is 4.48. The van der Waals surface area contributed by atoms with Crippen LogP contribution in [0.25, 0.3) is 10.6 Å². The molecule has 0 bridgehead atoms. The van der Waals surface area contributed by atoms with E-state index in [4.69, 9.17) is 9.47 Å². The van der Waals surface area contributed by atoms with E-state index in [1.807, 2.05) is 32.0 Å². The lowest BCUT2D eigenvalue weighted by Gasteiger charge is -2.12. The monoisotopic (exact) mass is 320 g/mol. The van der Waals surface area contributed by atoms with Crippen LogP contribution in [-0.4, -0.2) is 43.6 Å². The van der Waals surface area contributed by atoms with Gasteiger partial charge in [0.25, 0.3) is 5.91 Å². The number of hydrogen-bond donors (Lipinski definition) is 0. The third kappa shape index (κ3) is 3.06. The van der Waals surface area contributed by atoms with E-state index in [2.05, 4.69) is 4.98 Å². The molecule has 6 heteroatoms. The molecule has 1 amide bonds. The van der Waals surface area contributed by atoms with Crippen LogP contribution in [0.15, 0.2) is 18.2 Å². The molecule has 0 unspecified atom stereocenters. The maximum Gasteiger partial charge on any atom is 0.265 e. The quantitative estimate of drug-likeness (QED) is 0.849. The number of carbonyl (C=O) groups excluding carboxylic acids is 1. The number of hydrogen-bond acceptors (Lipinski definition) is 5. The van der Waals surface area contributed by atoms with E-state index in [1.165, 1.54) is 11.3 Å². The number of benzene rings is 1. The van der Waals surface area contributed by atoms with Crippen molar-refractivity contribution in [2.45, 2.75) is 13.8 Å². The van der Waals surface area contributed by atoms with E-state index in [0.717, 1.165) is 16.3 Å². The summed E-state index contributed by atoms with van der Waals surface area (Å²) in [7, 11) is 4.99. The highest BCUT2D eigenvalue weighted by molar-refractivity contribution is 7.17. The van der Waals surface area contributed by atoms with E-state index in [-0.39, 0.29) is 5.91 Å². The lowest BCUT2D eigenvalue weighted by Crippen LogP contribution is -2.25. The lowest BCUT2D eigenvalue weighted by molar-refractivity contribution is 0.0806. The Labute approximate surface area is 134 Å². The third-order valence-corrected chi connectivity index (χ3v) is 4.64. The number of amides is 1. The molecule has 2 aromatic rings. The molecule has 1 aromatic heterocycles. The van der Waals surface area contributed by atoms with Gasteiger partial charge in [-0.2, -0.15) is 0 Å². The van der Waals surface area contributed by atoms with Gasteiger partial charge in [-0.15, -0.1) is 11.3 Å².